The summed E-state index contributed by atoms with van der Waals surface area (Å²) in [5, 5.41) is 3.88. The molecule has 1 aromatic carbocycles. The topological polar surface area (TPSA) is 34.4 Å². The maximum absolute atomic E-state index is 6.07. The molecule has 0 saturated heterocycles. The zero-order chi connectivity index (χ0) is 11.0. The molecule has 4 heteroatoms. The van der Waals surface area contributed by atoms with Gasteiger partial charge in [0.05, 0.1) is 23.5 Å². The second-order valence-corrected chi connectivity index (χ2v) is 4.03. The maximum Gasteiger partial charge on any atom is 0.173 e. The Hall–Kier alpha value is -1.61. The summed E-state index contributed by atoms with van der Waals surface area (Å²) < 4.78 is 11.1. The molecule has 1 unspecified atom stereocenters. The van der Waals surface area contributed by atoms with E-state index in [2.05, 4.69) is 5.32 Å². The number of ether oxygens (including phenoxy) is 1. The van der Waals surface area contributed by atoms with Crippen LogP contribution in [-0.2, 0) is 0 Å². The van der Waals surface area contributed by atoms with Gasteiger partial charge < -0.3 is 14.5 Å². The number of rotatable bonds is 1. The summed E-state index contributed by atoms with van der Waals surface area (Å²) in [6.07, 6.45) is 1.52. The zero-order valence-corrected chi connectivity index (χ0v) is 9.20. The Morgan fingerprint density at radius 3 is 3.00 bits per heavy atom. The Morgan fingerprint density at radius 1 is 1.25 bits per heavy atom. The third-order valence-corrected chi connectivity index (χ3v) is 2.86. The number of furan rings is 1. The summed E-state index contributed by atoms with van der Waals surface area (Å²) in [6.45, 7) is 0.681. The van der Waals surface area contributed by atoms with Crippen LogP contribution in [0.4, 0.5) is 5.69 Å². The summed E-state index contributed by atoms with van der Waals surface area (Å²) in [4.78, 5) is 0. The normalized spacial score (nSPS) is 18.4. The first-order chi connectivity index (χ1) is 7.84. The summed E-state index contributed by atoms with van der Waals surface area (Å²) >= 11 is 6.07. The summed E-state index contributed by atoms with van der Waals surface area (Å²) in [5.74, 6) is 1.50. The second-order valence-electron chi connectivity index (χ2n) is 3.62. The van der Waals surface area contributed by atoms with Crippen molar-refractivity contribution in [3.63, 3.8) is 0 Å². The van der Waals surface area contributed by atoms with Gasteiger partial charge in [0.15, 0.2) is 11.9 Å². The van der Waals surface area contributed by atoms with Gasteiger partial charge in [0.25, 0.3) is 0 Å². The number of fused-ring (bicyclic) bond motifs is 1. The number of halogens is 1. The first-order valence-electron chi connectivity index (χ1n) is 5.07. The summed E-state index contributed by atoms with van der Waals surface area (Å²) in [6, 6.07) is 9.39. The van der Waals surface area contributed by atoms with Crippen LogP contribution in [0.15, 0.2) is 41.0 Å². The minimum Gasteiger partial charge on any atom is -0.477 e. The van der Waals surface area contributed by atoms with Crippen molar-refractivity contribution >= 4 is 17.3 Å². The fourth-order valence-electron chi connectivity index (χ4n) is 1.79. The van der Waals surface area contributed by atoms with Crippen LogP contribution in [0.5, 0.6) is 5.75 Å². The van der Waals surface area contributed by atoms with Crippen LogP contribution in [0.2, 0.25) is 5.02 Å². The first kappa shape index (κ1) is 9.60. The lowest BCUT2D eigenvalue weighted by molar-refractivity contribution is 0.181. The number of hydrogen-bond donors (Lipinski definition) is 1. The van der Waals surface area contributed by atoms with E-state index in [0.29, 0.717) is 17.3 Å². The highest BCUT2D eigenvalue weighted by Crippen LogP contribution is 2.39. The Balaban J connectivity index is 1.94. The van der Waals surface area contributed by atoms with Crippen LogP contribution in [0, 0.1) is 0 Å². The van der Waals surface area contributed by atoms with Crippen LogP contribution in [-0.4, -0.2) is 6.54 Å². The highest BCUT2D eigenvalue weighted by atomic mass is 35.5. The van der Waals surface area contributed by atoms with E-state index >= 15 is 0 Å². The highest BCUT2D eigenvalue weighted by molar-refractivity contribution is 6.32. The molecule has 0 spiro atoms. The Labute approximate surface area is 98.0 Å². The van der Waals surface area contributed by atoms with E-state index in [1.807, 2.05) is 30.3 Å². The Kier molecular flexibility index (Phi) is 2.26. The number of nitrogens with one attached hydrogen (secondary N) is 1. The zero-order valence-electron chi connectivity index (χ0n) is 8.44. The largest absolute Gasteiger partial charge is 0.477 e. The van der Waals surface area contributed by atoms with Crippen LogP contribution >= 0.6 is 11.6 Å². The third-order valence-electron chi connectivity index (χ3n) is 2.57. The molecular formula is C12H10ClNO2. The van der Waals surface area contributed by atoms with Crippen LogP contribution in [0.1, 0.15) is 11.9 Å². The number of hydrogen-bond acceptors (Lipinski definition) is 3. The predicted molar refractivity (Wildman–Crippen MR) is 62.0 cm³/mol. The molecule has 3 rings (SSSR count). The van der Waals surface area contributed by atoms with Crippen LogP contribution in [0.3, 0.4) is 0 Å². The molecular weight excluding hydrogens is 226 g/mol. The van der Waals surface area contributed by atoms with E-state index in [1.54, 1.807) is 6.26 Å². The monoisotopic (exact) mass is 235 g/mol. The van der Waals surface area contributed by atoms with Gasteiger partial charge >= 0.3 is 0 Å². The van der Waals surface area contributed by atoms with E-state index in [1.165, 1.54) is 0 Å². The molecule has 1 N–H and O–H groups in total. The lowest BCUT2D eigenvalue weighted by Crippen LogP contribution is -2.23. The van der Waals surface area contributed by atoms with Crippen molar-refractivity contribution in [1.82, 2.24) is 0 Å². The van der Waals surface area contributed by atoms with Gasteiger partial charge in [-0.05, 0) is 24.3 Å². The van der Waals surface area contributed by atoms with E-state index < -0.39 is 0 Å². The highest BCUT2D eigenvalue weighted by Gasteiger charge is 2.24. The molecule has 1 atom stereocenters. The van der Waals surface area contributed by atoms with Crippen LogP contribution < -0.4 is 10.1 Å². The summed E-state index contributed by atoms with van der Waals surface area (Å²) in [7, 11) is 0. The Bertz CT molecular complexity index is 496. The SMILES string of the molecule is Clc1cccc2c1OC(c1ccco1)CN2. The number of anilines is 1. The fraction of sp³-hybridized carbons (Fsp3) is 0.167. The van der Waals surface area contributed by atoms with Gasteiger partial charge in [0, 0.05) is 0 Å². The molecule has 0 bridgehead atoms. The van der Waals surface area contributed by atoms with Gasteiger partial charge in [0.1, 0.15) is 5.76 Å². The quantitative estimate of drug-likeness (QED) is 0.822. The van der Waals surface area contributed by atoms with Gasteiger partial charge in [-0.3, -0.25) is 0 Å². The number of para-hydroxylation sites is 1. The van der Waals surface area contributed by atoms with Gasteiger partial charge in [-0.25, -0.2) is 0 Å². The fourth-order valence-corrected chi connectivity index (χ4v) is 2.01. The molecule has 2 aromatic rings. The van der Waals surface area contributed by atoms with Gasteiger partial charge in [0.2, 0.25) is 0 Å². The van der Waals surface area contributed by atoms with Gasteiger partial charge in [-0.15, -0.1) is 0 Å². The van der Waals surface area contributed by atoms with Gasteiger partial charge in [-0.2, -0.15) is 0 Å². The molecule has 3 nitrogen and oxygen atoms in total. The van der Waals surface area contributed by atoms with Crippen molar-refractivity contribution in [3.05, 3.63) is 47.4 Å². The Morgan fingerprint density at radius 2 is 2.19 bits per heavy atom. The lowest BCUT2D eigenvalue weighted by Gasteiger charge is -2.26. The summed E-state index contributed by atoms with van der Waals surface area (Å²) in [5.41, 5.74) is 0.926. The van der Waals surface area contributed by atoms with E-state index in [-0.39, 0.29) is 6.10 Å². The molecule has 82 valence electrons. The average molecular weight is 236 g/mol. The van der Waals surface area contributed by atoms with Crippen molar-refractivity contribution in [3.8, 4) is 5.75 Å². The maximum atomic E-state index is 6.07. The third kappa shape index (κ3) is 1.53. The molecule has 0 aliphatic carbocycles. The van der Waals surface area contributed by atoms with Crippen LogP contribution in [0.25, 0.3) is 0 Å². The van der Waals surface area contributed by atoms with E-state index in [4.69, 9.17) is 20.8 Å². The number of benzene rings is 1. The molecule has 0 radical (unpaired) electrons. The van der Waals surface area contributed by atoms with E-state index in [9.17, 15) is 0 Å². The smallest absolute Gasteiger partial charge is 0.173 e. The average Bonchev–Trinajstić information content (AvgIpc) is 2.83. The minimum absolute atomic E-state index is 0.123. The molecule has 0 amide bonds. The van der Waals surface area contributed by atoms with E-state index in [0.717, 1.165) is 11.4 Å². The van der Waals surface area contributed by atoms with Crippen molar-refractivity contribution < 1.29 is 9.15 Å². The van der Waals surface area contributed by atoms with Crippen molar-refractivity contribution in [2.45, 2.75) is 6.10 Å². The van der Waals surface area contributed by atoms with Crippen molar-refractivity contribution in [1.29, 1.82) is 0 Å². The van der Waals surface area contributed by atoms with Crippen molar-refractivity contribution in [2.24, 2.45) is 0 Å². The molecule has 0 fully saturated rings. The molecule has 0 saturated carbocycles. The molecule has 1 aromatic heterocycles. The lowest BCUT2D eigenvalue weighted by atomic mass is 10.2. The second kappa shape index (κ2) is 3.76. The molecule has 2 heterocycles. The molecule has 1 aliphatic rings. The molecule has 16 heavy (non-hydrogen) atoms. The predicted octanol–water partition coefficient (Wildman–Crippen LogP) is 3.48. The standard InChI is InChI=1S/C12H10ClNO2/c13-8-3-1-4-9-12(8)16-11(7-14-9)10-5-2-6-15-10/h1-6,11,14H,7H2. The van der Waals surface area contributed by atoms with Gasteiger partial charge in [-0.1, -0.05) is 17.7 Å². The first-order valence-corrected chi connectivity index (χ1v) is 5.45. The van der Waals surface area contributed by atoms with Crippen molar-refractivity contribution in [2.75, 3.05) is 11.9 Å². The molecule has 1 aliphatic heterocycles. The minimum atomic E-state index is -0.123.